The van der Waals surface area contributed by atoms with Crippen LogP contribution in [-0.2, 0) is 61.1 Å². The molecule has 0 fully saturated rings. The minimum Gasteiger partial charge on any atom is -0.743 e. The van der Waals surface area contributed by atoms with Gasteiger partial charge in [0.05, 0.1) is 41.4 Å². The van der Waals surface area contributed by atoms with Crippen LogP contribution in [0, 0.1) is 0 Å². The van der Waals surface area contributed by atoms with Crippen molar-refractivity contribution in [3.8, 4) is 0 Å². The van der Waals surface area contributed by atoms with Gasteiger partial charge in [0.15, 0.2) is 49.6 Å². The quantitative estimate of drug-likeness (QED) is 0.0179. The van der Waals surface area contributed by atoms with Gasteiger partial charge in [0.1, 0.15) is 0 Å². The van der Waals surface area contributed by atoms with Crippen molar-refractivity contribution < 1.29 is 80.1 Å². The van der Waals surface area contributed by atoms with Crippen molar-refractivity contribution >= 4 is 54.0 Å². The molecule has 408 valence electrons. The number of carbonyl (C=O) groups excluding carboxylic acids is 2. The molecule has 0 unspecified atom stereocenters. The molecule has 0 N–H and O–H groups in total. The van der Waals surface area contributed by atoms with Crippen LogP contribution in [0.15, 0.2) is 236 Å². The molecular formula is C54H52F8O10S4. The van der Waals surface area contributed by atoms with E-state index in [0.717, 1.165) is 0 Å². The highest BCUT2D eigenvalue weighted by Crippen LogP contribution is 2.42. The SMILES string of the molecule is C=C(C)C(=O)OCCC(F)(F)C(F)(F)S(=O)(=O)[O-].C=C(C)C(=O)OCCCCC(F)(F)C(F)(F)S(=O)(=O)[O-].c1ccc([S+](c2ccccc2)c2ccccc2)cc1.c1ccc([S+](c2ccccc2)c2ccccc2)cc1. The highest BCUT2D eigenvalue weighted by Gasteiger charge is 2.62. The Morgan fingerprint density at radius 1 is 0.421 bits per heavy atom. The first kappa shape index (κ1) is 64.0. The molecule has 0 aliphatic carbocycles. The monoisotopic (exact) mass is 1140 g/mol. The average molecular weight is 1140 g/mol. The maximum Gasteiger partial charge on any atom is 0.396 e. The van der Waals surface area contributed by atoms with E-state index >= 15 is 0 Å². The van der Waals surface area contributed by atoms with E-state index in [1.54, 1.807) is 0 Å². The molecule has 22 heteroatoms. The summed E-state index contributed by atoms with van der Waals surface area (Å²) in [4.78, 5) is 29.8. The van der Waals surface area contributed by atoms with Crippen molar-refractivity contribution in [2.24, 2.45) is 0 Å². The van der Waals surface area contributed by atoms with Gasteiger partial charge in [-0.1, -0.05) is 122 Å². The molecule has 6 aromatic rings. The molecule has 0 heterocycles. The molecule has 0 saturated heterocycles. The lowest BCUT2D eigenvalue weighted by Gasteiger charge is -2.28. The van der Waals surface area contributed by atoms with Gasteiger partial charge in [-0.25, -0.2) is 26.4 Å². The van der Waals surface area contributed by atoms with E-state index < -0.39 is 80.4 Å². The van der Waals surface area contributed by atoms with Gasteiger partial charge in [-0.05, 0) is 99.5 Å². The topological polar surface area (TPSA) is 167 Å². The summed E-state index contributed by atoms with van der Waals surface area (Å²) < 4.78 is 171. The Balaban J connectivity index is 0.000000267. The van der Waals surface area contributed by atoms with Crippen LogP contribution in [0.25, 0.3) is 0 Å². The number of carbonyl (C=O) groups is 2. The zero-order valence-electron chi connectivity index (χ0n) is 40.7. The van der Waals surface area contributed by atoms with Crippen LogP contribution < -0.4 is 0 Å². The molecule has 0 amide bonds. The van der Waals surface area contributed by atoms with Crippen molar-refractivity contribution in [3.05, 3.63) is 206 Å². The van der Waals surface area contributed by atoms with E-state index in [1.807, 2.05) is 0 Å². The maximum atomic E-state index is 13.0. The number of benzene rings is 6. The fourth-order valence-corrected chi connectivity index (χ4v) is 11.1. The van der Waals surface area contributed by atoms with Crippen LogP contribution in [0.5, 0.6) is 0 Å². The fraction of sp³-hybridized carbons (Fsp3) is 0.222. The lowest BCUT2D eigenvalue weighted by atomic mass is 10.1. The van der Waals surface area contributed by atoms with E-state index in [2.05, 4.69) is 205 Å². The third kappa shape index (κ3) is 19.1. The normalized spacial score (nSPS) is 11.9. The first-order chi connectivity index (χ1) is 35.6. The molecular weight excluding hydrogens is 1090 g/mol. The summed E-state index contributed by atoms with van der Waals surface area (Å²) in [5.41, 5.74) is -0.0687. The molecule has 0 aromatic heterocycles. The Morgan fingerprint density at radius 2 is 0.645 bits per heavy atom. The zero-order chi connectivity index (χ0) is 56.8. The van der Waals surface area contributed by atoms with Crippen LogP contribution in [0.3, 0.4) is 0 Å². The van der Waals surface area contributed by atoms with Gasteiger partial charge in [0.25, 0.3) is 0 Å². The first-order valence-corrected chi connectivity index (χ1v) is 27.7. The zero-order valence-corrected chi connectivity index (χ0v) is 44.0. The highest BCUT2D eigenvalue weighted by molar-refractivity contribution is 7.97. The molecule has 0 atom stereocenters. The van der Waals surface area contributed by atoms with Crippen LogP contribution in [0.2, 0.25) is 0 Å². The summed E-state index contributed by atoms with van der Waals surface area (Å²) in [5, 5.41) is -11.4. The molecule has 0 aliphatic heterocycles. The number of ether oxygens (including phenoxy) is 2. The summed E-state index contributed by atoms with van der Waals surface area (Å²) in [6.07, 6.45) is -4.07. The third-order valence-corrected chi connectivity index (χ3v) is 16.1. The lowest BCUT2D eigenvalue weighted by Crippen LogP contribution is -2.47. The third-order valence-electron chi connectivity index (χ3n) is 9.82. The van der Waals surface area contributed by atoms with Gasteiger partial charge in [-0.3, -0.25) is 0 Å². The molecule has 0 spiro atoms. The van der Waals surface area contributed by atoms with Gasteiger partial charge in [0.2, 0.25) is 0 Å². The average Bonchev–Trinajstić information content (AvgIpc) is 3.38. The second-order valence-corrected chi connectivity index (χ2v) is 22.8. The van der Waals surface area contributed by atoms with Gasteiger partial charge in [-0.2, -0.15) is 35.1 Å². The maximum absolute atomic E-state index is 13.0. The van der Waals surface area contributed by atoms with Crippen molar-refractivity contribution in [2.45, 2.75) is 91.3 Å². The summed E-state index contributed by atoms with van der Waals surface area (Å²) in [5.74, 6) is -12.0. The summed E-state index contributed by atoms with van der Waals surface area (Å²) in [6.45, 7) is 7.42. The van der Waals surface area contributed by atoms with Crippen LogP contribution in [0.4, 0.5) is 35.1 Å². The summed E-state index contributed by atoms with van der Waals surface area (Å²) in [6, 6.07) is 64.3. The van der Waals surface area contributed by atoms with E-state index in [1.165, 1.54) is 43.2 Å². The van der Waals surface area contributed by atoms with Gasteiger partial charge in [-0.15, -0.1) is 0 Å². The van der Waals surface area contributed by atoms with Crippen LogP contribution in [0.1, 0.15) is 39.5 Å². The Kier molecular flexibility index (Phi) is 24.7. The number of unbranched alkanes of at least 4 members (excludes halogenated alkanes) is 1. The van der Waals surface area contributed by atoms with Crippen molar-refractivity contribution in [2.75, 3.05) is 13.2 Å². The first-order valence-electron chi connectivity index (χ1n) is 22.4. The summed E-state index contributed by atoms with van der Waals surface area (Å²) >= 11 is 0. The predicted octanol–water partition coefficient (Wildman–Crippen LogP) is 12.9. The summed E-state index contributed by atoms with van der Waals surface area (Å²) in [7, 11) is -13.0. The Labute approximate surface area is 442 Å². The number of alkyl halides is 8. The molecule has 10 nitrogen and oxygen atoms in total. The second-order valence-electron chi connectivity index (χ2n) is 15.9. The Morgan fingerprint density at radius 3 is 0.868 bits per heavy atom. The molecule has 6 aromatic carbocycles. The van der Waals surface area contributed by atoms with Crippen molar-refractivity contribution in [3.63, 3.8) is 0 Å². The fourth-order valence-electron chi connectivity index (χ4n) is 5.95. The molecule has 0 bridgehead atoms. The van der Waals surface area contributed by atoms with Crippen molar-refractivity contribution in [1.29, 1.82) is 0 Å². The van der Waals surface area contributed by atoms with E-state index in [9.17, 15) is 70.7 Å². The lowest BCUT2D eigenvalue weighted by molar-refractivity contribution is -0.173. The van der Waals surface area contributed by atoms with E-state index in [4.69, 9.17) is 0 Å². The molecule has 0 saturated carbocycles. The number of rotatable bonds is 20. The minimum absolute atomic E-state index is 0.0146. The number of halogens is 8. The molecule has 6 rings (SSSR count). The van der Waals surface area contributed by atoms with Crippen LogP contribution in [-0.4, -0.2) is 73.4 Å². The van der Waals surface area contributed by atoms with E-state index in [-0.39, 0.29) is 46.0 Å². The predicted molar refractivity (Wildman–Crippen MR) is 272 cm³/mol. The van der Waals surface area contributed by atoms with Gasteiger partial charge in [0, 0.05) is 17.6 Å². The second kappa shape index (κ2) is 29.3. The number of hydrogen-bond acceptors (Lipinski definition) is 10. The smallest absolute Gasteiger partial charge is 0.396 e. The largest absolute Gasteiger partial charge is 0.743 e. The van der Waals surface area contributed by atoms with Crippen molar-refractivity contribution in [1.82, 2.24) is 0 Å². The standard InChI is InChI=1S/2C18H15S.C10H14F4O5S.C8H10F4O5S/c2*1-4-10-16(11-5-1)19(17-12-6-2-7-13-17)18-14-8-3-9-15-18;1-7(2)8(15)19-6-4-3-5-9(11,12)10(13,14)20(16,17)18;1-5(2)6(13)17-4-3-7(9,10)8(11,12)18(14,15)16/h2*1-15H;1,3-6H2,2H3,(H,16,17,18);1,3-4H2,2H3,(H,14,15,16)/q2*+1;;/p-2. The minimum atomic E-state index is -6.52. The van der Waals surface area contributed by atoms with E-state index in [0.29, 0.717) is 0 Å². The molecule has 0 aliphatic rings. The van der Waals surface area contributed by atoms with Gasteiger partial charge < -0.3 is 18.6 Å². The number of hydrogen-bond donors (Lipinski definition) is 0. The molecule has 0 radical (unpaired) electrons. The number of esters is 2. The Bertz CT molecular complexity index is 2680. The van der Waals surface area contributed by atoms with Crippen LogP contribution >= 0.6 is 0 Å². The highest BCUT2D eigenvalue weighted by atomic mass is 32.2. The molecule has 76 heavy (non-hydrogen) atoms. The van der Waals surface area contributed by atoms with Gasteiger partial charge >= 0.3 is 34.3 Å². The Hall–Kier alpha value is -6.30.